The third-order valence-corrected chi connectivity index (χ3v) is 2.86. The molecule has 1 aromatic heterocycles. The van der Waals surface area contributed by atoms with E-state index in [9.17, 15) is 13.2 Å². The second-order valence-corrected chi connectivity index (χ2v) is 4.99. The van der Waals surface area contributed by atoms with Gasteiger partial charge in [0.15, 0.2) is 5.82 Å². The van der Waals surface area contributed by atoms with Gasteiger partial charge >= 0.3 is 6.18 Å². The summed E-state index contributed by atoms with van der Waals surface area (Å²) in [5.74, 6) is 0.584. The SMILES string of the molecule is CC(C)NCc1nnnn1Cc1cccc(C(F)(F)F)c1. The highest BCUT2D eigenvalue weighted by Crippen LogP contribution is 2.29. The lowest BCUT2D eigenvalue weighted by Crippen LogP contribution is -2.24. The third kappa shape index (κ3) is 4.25. The minimum Gasteiger partial charge on any atom is -0.308 e. The van der Waals surface area contributed by atoms with Crippen LogP contribution in [0.5, 0.6) is 0 Å². The van der Waals surface area contributed by atoms with Crippen LogP contribution in [-0.4, -0.2) is 26.2 Å². The van der Waals surface area contributed by atoms with Gasteiger partial charge in [0.1, 0.15) is 0 Å². The van der Waals surface area contributed by atoms with Gasteiger partial charge in [0, 0.05) is 6.04 Å². The average Bonchev–Trinajstić information content (AvgIpc) is 2.83. The molecule has 114 valence electrons. The monoisotopic (exact) mass is 299 g/mol. The summed E-state index contributed by atoms with van der Waals surface area (Å²) in [6, 6.07) is 5.43. The molecule has 21 heavy (non-hydrogen) atoms. The topological polar surface area (TPSA) is 55.6 Å². The first-order chi connectivity index (χ1) is 9.86. The second-order valence-electron chi connectivity index (χ2n) is 4.99. The number of hydrogen-bond donors (Lipinski definition) is 1. The number of benzene rings is 1. The van der Waals surface area contributed by atoms with Crippen LogP contribution in [0.4, 0.5) is 13.2 Å². The maximum Gasteiger partial charge on any atom is 0.416 e. The van der Waals surface area contributed by atoms with Gasteiger partial charge in [0.05, 0.1) is 18.7 Å². The van der Waals surface area contributed by atoms with Gasteiger partial charge in [-0.2, -0.15) is 13.2 Å². The van der Waals surface area contributed by atoms with Crippen molar-refractivity contribution < 1.29 is 13.2 Å². The fourth-order valence-electron chi connectivity index (χ4n) is 1.79. The highest BCUT2D eigenvalue weighted by atomic mass is 19.4. The Labute approximate surface area is 120 Å². The third-order valence-electron chi connectivity index (χ3n) is 2.86. The Balaban J connectivity index is 2.14. The summed E-state index contributed by atoms with van der Waals surface area (Å²) in [4.78, 5) is 0. The van der Waals surface area contributed by atoms with E-state index < -0.39 is 11.7 Å². The Morgan fingerprint density at radius 2 is 2.05 bits per heavy atom. The lowest BCUT2D eigenvalue weighted by Gasteiger charge is -2.10. The van der Waals surface area contributed by atoms with Crippen molar-refractivity contribution in [2.24, 2.45) is 0 Å². The normalized spacial score (nSPS) is 12.1. The largest absolute Gasteiger partial charge is 0.416 e. The van der Waals surface area contributed by atoms with Gasteiger partial charge in [-0.25, -0.2) is 4.68 Å². The van der Waals surface area contributed by atoms with E-state index in [1.807, 2.05) is 13.8 Å². The molecular formula is C13H16F3N5. The molecule has 1 N–H and O–H groups in total. The molecule has 0 aliphatic rings. The molecule has 1 heterocycles. The van der Waals surface area contributed by atoms with Crippen LogP contribution < -0.4 is 5.32 Å². The van der Waals surface area contributed by atoms with Crippen molar-refractivity contribution >= 4 is 0 Å². The van der Waals surface area contributed by atoms with Gasteiger partial charge in [-0.05, 0) is 28.1 Å². The summed E-state index contributed by atoms with van der Waals surface area (Å²) in [5, 5.41) is 14.4. The van der Waals surface area contributed by atoms with Crippen LogP contribution in [0.1, 0.15) is 30.8 Å². The van der Waals surface area contributed by atoms with E-state index in [4.69, 9.17) is 0 Å². The lowest BCUT2D eigenvalue weighted by molar-refractivity contribution is -0.137. The molecule has 0 spiro atoms. The molecule has 0 aliphatic carbocycles. The van der Waals surface area contributed by atoms with E-state index in [1.54, 1.807) is 6.07 Å². The van der Waals surface area contributed by atoms with E-state index in [1.165, 1.54) is 10.7 Å². The summed E-state index contributed by atoms with van der Waals surface area (Å²) in [6.45, 7) is 4.64. The summed E-state index contributed by atoms with van der Waals surface area (Å²) in [6.07, 6.45) is -4.35. The Morgan fingerprint density at radius 1 is 1.29 bits per heavy atom. The van der Waals surface area contributed by atoms with Crippen molar-refractivity contribution in [2.75, 3.05) is 0 Å². The molecule has 0 fully saturated rings. The van der Waals surface area contributed by atoms with E-state index in [0.717, 1.165) is 12.1 Å². The van der Waals surface area contributed by atoms with Gasteiger partial charge in [0.25, 0.3) is 0 Å². The highest BCUT2D eigenvalue weighted by Gasteiger charge is 2.30. The predicted molar refractivity (Wildman–Crippen MR) is 70.3 cm³/mol. The van der Waals surface area contributed by atoms with Crippen molar-refractivity contribution in [1.82, 2.24) is 25.5 Å². The van der Waals surface area contributed by atoms with Gasteiger partial charge < -0.3 is 5.32 Å². The van der Waals surface area contributed by atoms with Gasteiger partial charge in [-0.15, -0.1) is 5.10 Å². The molecule has 0 amide bonds. The number of nitrogens with one attached hydrogen (secondary N) is 1. The minimum atomic E-state index is -4.35. The first-order valence-electron chi connectivity index (χ1n) is 6.51. The van der Waals surface area contributed by atoms with Crippen LogP contribution in [0.2, 0.25) is 0 Å². The first kappa shape index (κ1) is 15.4. The van der Waals surface area contributed by atoms with E-state index >= 15 is 0 Å². The molecule has 0 aliphatic heterocycles. The Hall–Kier alpha value is -1.96. The molecule has 1 aromatic carbocycles. The van der Waals surface area contributed by atoms with Gasteiger partial charge in [-0.3, -0.25) is 0 Å². The summed E-state index contributed by atoms with van der Waals surface area (Å²) in [5.41, 5.74) is -0.169. The number of hydrogen-bond acceptors (Lipinski definition) is 4. The number of nitrogens with zero attached hydrogens (tertiary/aromatic N) is 4. The van der Waals surface area contributed by atoms with Crippen LogP contribution >= 0.6 is 0 Å². The zero-order valence-corrected chi connectivity index (χ0v) is 11.7. The highest BCUT2D eigenvalue weighted by molar-refractivity contribution is 5.25. The van der Waals surface area contributed by atoms with Crippen LogP contribution in [0.25, 0.3) is 0 Å². The standard InChI is InChI=1S/C13H16F3N5/c1-9(2)17-7-12-18-19-20-21(12)8-10-4-3-5-11(6-10)13(14,15)16/h3-6,9,17H,7-8H2,1-2H3. The number of aromatic nitrogens is 4. The zero-order chi connectivity index (χ0) is 15.5. The fourth-order valence-corrected chi connectivity index (χ4v) is 1.79. The van der Waals surface area contributed by atoms with Crippen LogP contribution in [0, 0.1) is 0 Å². The van der Waals surface area contributed by atoms with Crippen molar-refractivity contribution in [3.05, 3.63) is 41.2 Å². The molecule has 2 aromatic rings. The molecule has 2 rings (SSSR count). The van der Waals surface area contributed by atoms with Crippen LogP contribution in [-0.2, 0) is 19.3 Å². The molecule has 8 heteroatoms. The van der Waals surface area contributed by atoms with E-state index in [2.05, 4.69) is 20.8 Å². The van der Waals surface area contributed by atoms with Crippen molar-refractivity contribution in [3.63, 3.8) is 0 Å². The van der Waals surface area contributed by atoms with Crippen LogP contribution in [0.15, 0.2) is 24.3 Å². The van der Waals surface area contributed by atoms with E-state index in [-0.39, 0.29) is 12.6 Å². The first-order valence-corrected chi connectivity index (χ1v) is 6.51. The van der Waals surface area contributed by atoms with E-state index in [0.29, 0.717) is 17.9 Å². The Morgan fingerprint density at radius 3 is 2.71 bits per heavy atom. The summed E-state index contributed by atoms with van der Waals surface area (Å²) in [7, 11) is 0. The number of halogens is 3. The predicted octanol–water partition coefficient (Wildman–Crippen LogP) is 2.24. The smallest absolute Gasteiger partial charge is 0.308 e. The quantitative estimate of drug-likeness (QED) is 0.920. The molecule has 5 nitrogen and oxygen atoms in total. The second kappa shape index (κ2) is 6.21. The molecule has 0 radical (unpaired) electrons. The van der Waals surface area contributed by atoms with Crippen molar-refractivity contribution in [3.8, 4) is 0 Å². The Kier molecular flexibility index (Phi) is 4.56. The molecule has 0 bridgehead atoms. The zero-order valence-electron chi connectivity index (χ0n) is 11.7. The summed E-state index contributed by atoms with van der Waals surface area (Å²) >= 11 is 0. The summed E-state index contributed by atoms with van der Waals surface area (Å²) < 4.78 is 39.5. The van der Waals surface area contributed by atoms with Crippen molar-refractivity contribution in [1.29, 1.82) is 0 Å². The van der Waals surface area contributed by atoms with Gasteiger partial charge in [-0.1, -0.05) is 26.0 Å². The number of alkyl halides is 3. The molecule has 0 saturated carbocycles. The number of rotatable bonds is 5. The Bertz CT molecular complexity index is 591. The van der Waals surface area contributed by atoms with Gasteiger partial charge in [0.2, 0.25) is 0 Å². The number of tetrazole rings is 1. The molecule has 0 unspecified atom stereocenters. The minimum absolute atomic E-state index is 0.200. The van der Waals surface area contributed by atoms with Crippen LogP contribution in [0.3, 0.4) is 0 Å². The fraction of sp³-hybridized carbons (Fsp3) is 0.462. The average molecular weight is 299 g/mol. The van der Waals surface area contributed by atoms with Crippen molar-refractivity contribution in [2.45, 2.75) is 39.2 Å². The lowest BCUT2D eigenvalue weighted by atomic mass is 10.1. The molecular weight excluding hydrogens is 283 g/mol. The maximum absolute atomic E-state index is 12.7. The molecule has 0 saturated heterocycles. The molecule has 0 atom stereocenters. The maximum atomic E-state index is 12.7.